The monoisotopic (exact) mass is 251 g/mol. The van der Waals surface area contributed by atoms with Gasteiger partial charge in [-0.3, -0.25) is 14.4 Å². The Hall–Kier alpha value is -1.36. The summed E-state index contributed by atoms with van der Waals surface area (Å²) < 4.78 is 1.99. The van der Waals surface area contributed by atoms with Gasteiger partial charge >= 0.3 is 5.97 Å². The first-order valence-electron chi connectivity index (χ1n) is 6.51. The molecule has 1 saturated heterocycles. The molecule has 1 aromatic heterocycles. The van der Waals surface area contributed by atoms with Crippen molar-refractivity contribution >= 4 is 5.97 Å². The summed E-state index contributed by atoms with van der Waals surface area (Å²) in [6.45, 7) is 7.36. The van der Waals surface area contributed by atoms with Gasteiger partial charge < -0.3 is 5.11 Å². The standard InChI is InChI=1S/C13H21N3O2/c1-3-16-11(4-7-14-16)10-15-8-5-13(2,6-9-15)12(17)18/h4,7H,3,5-6,8-10H2,1-2H3,(H,17,18). The summed E-state index contributed by atoms with van der Waals surface area (Å²) in [7, 11) is 0. The van der Waals surface area contributed by atoms with Crippen LogP contribution in [0.3, 0.4) is 0 Å². The number of aliphatic carboxylic acids is 1. The Labute approximate surface area is 107 Å². The molecular weight excluding hydrogens is 230 g/mol. The Bertz CT molecular complexity index is 420. The van der Waals surface area contributed by atoms with E-state index < -0.39 is 11.4 Å². The molecule has 0 bridgehead atoms. The minimum atomic E-state index is -0.666. The van der Waals surface area contributed by atoms with Crippen molar-refractivity contribution in [2.45, 2.75) is 39.8 Å². The van der Waals surface area contributed by atoms with Gasteiger partial charge in [0.15, 0.2) is 0 Å². The largest absolute Gasteiger partial charge is 0.481 e. The van der Waals surface area contributed by atoms with Gasteiger partial charge in [0.25, 0.3) is 0 Å². The van der Waals surface area contributed by atoms with Gasteiger partial charge in [0.1, 0.15) is 0 Å². The first-order valence-corrected chi connectivity index (χ1v) is 6.51. The highest BCUT2D eigenvalue weighted by atomic mass is 16.4. The second-order valence-corrected chi connectivity index (χ2v) is 5.28. The number of carbonyl (C=O) groups is 1. The van der Waals surface area contributed by atoms with Crippen LogP contribution in [0, 0.1) is 5.41 Å². The van der Waals surface area contributed by atoms with E-state index in [1.165, 1.54) is 5.69 Å². The molecule has 0 atom stereocenters. The second-order valence-electron chi connectivity index (χ2n) is 5.28. The van der Waals surface area contributed by atoms with Crippen molar-refractivity contribution in [3.05, 3.63) is 18.0 Å². The van der Waals surface area contributed by atoms with Crippen LogP contribution >= 0.6 is 0 Å². The smallest absolute Gasteiger partial charge is 0.309 e. The molecule has 1 aliphatic rings. The van der Waals surface area contributed by atoms with E-state index in [2.05, 4.69) is 16.9 Å². The fourth-order valence-corrected chi connectivity index (χ4v) is 2.43. The van der Waals surface area contributed by atoms with Crippen LogP contribution in [0.1, 0.15) is 32.4 Å². The van der Waals surface area contributed by atoms with Gasteiger partial charge in [-0.05, 0) is 45.8 Å². The number of likely N-dealkylation sites (tertiary alicyclic amines) is 1. The fourth-order valence-electron chi connectivity index (χ4n) is 2.43. The molecule has 0 radical (unpaired) electrons. The van der Waals surface area contributed by atoms with Crippen molar-refractivity contribution in [1.82, 2.24) is 14.7 Å². The van der Waals surface area contributed by atoms with E-state index in [4.69, 9.17) is 0 Å². The molecule has 0 spiro atoms. The molecule has 1 aliphatic heterocycles. The number of aromatic nitrogens is 2. The molecule has 18 heavy (non-hydrogen) atoms. The van der Waals surface area contributed by atoms with Gasteiger partial charge in [-0.25, -0.2) is 0 Å². The molecule has 1 fully saturated rings. The maximum absolute atomic E-state index is 11.2. The fraction of sp³-hybridized carbons (Fsp3) is 0.692. The van der Waals surface area contributed by atoms with Crippen molar-refractivity contribution < 1.29 is 9.90 Å². The van der Waals surface area contributed by atoms with Gasteiger partial charge in [0, 0.05) is 19.3 Å². The van der Waals surface area contributed by atoms with Gasteiger partial charge in [-0.15, -0.1) is 0 Å². The normalized spacial score (nSPS) is 19.9. The van der Waals surface area contributed by atoms with Crippen LogP contribution in [-0.2, 0) is 17.9 Å². The summed E-state index contributed by atoms with van der Waals surface area (Å²) in [5, 5.41) is 13.4. The Kier molecular flexibility index (Phi) is 3.71. The molecule has 1 N–H and O–H groups in total. The third-order valence-corrected chi connectivity index (χ3v) is 3.97. The Morgan fingerprint density at radius 1 is 1.50 bits per heavy atom. The van der Waals surface area contributed by atoms with E-state index in [0.717, 1.165) is 39.0 Å². The summed E-state index contributed by atoms with van der Waals surface area (Å²) >= 11 is 0. The molecule has 2 rings (SSSR count). The lowest BCUT2D eigenvalue weighted by atomic mass is 9.80. The maximum atomic E-state index is 11.2. The van der Waals surface area contributed by atoms with E-state index in [1.807, 2.05) is 23.9 Å². The minimum Gasteiger partial charge on any atom is -0.481 e. The molecule has 5 nitrogen and oxygen atoms in total. The molecule has 0 amide bonds. The zero-order chi connectivity index (χ0) is 13.2. The molecule has 1 aromatic rings. The number of nitrogens with zero attached hydrogens (tertiary/aromatic N) is 3. The Morgan fingerprint density at radius 2 is 2.17 bits per heavy atom. The zero-order valence-electron chi connectivity index (χ0n) is 11.1. The molecular formula is C13H21N3O2. The predicted molar refractivity (Wildman–Crippen MR) is 68.2 cm³/mol. The van der Waals surface area contributed by atoms with Crippen molar-refractivity contribution in [3.63, 3.8) is 0 Å². The molecule has 0 saturated carbocycles. The lowest BCUT2D eigenvalue weighted by Gasteiger charge is -2.36. The molecule has 0 aliphatic carbocycles. The van der Waals surface area contributed by atoms with Crippen LogP contribution in [0.5, 0.6) is 0 Å². The Morgan fingerprint density at radius 3 is 2.72 bits per heavy atom. The summed E-state index contributed by atoms with van der Waals surface area (Å²) in [5.41, 5.74) is 0.665. The summed E-state index contributed by atoms with van der Waals surface area (Å²) in [5.74, 6) is -0.666. The van der Waals surface area contributed by atoms with Crippen molar-refractivity contribution in [2.75, 3.05) is 13.1 Å². The van der Waals surface area contributed by atoms with E-state index in [1.54, 1.807) is 0 Å². The van der Waals surface area contributed by atoms with Crippen LogP contribution in [-0.4, -0.2) is 38.8 Å². The van der Waals surface area contributed by atoms with E-state index in [0.29, 0.717) is 0 Å². The number of carboxylic acid groups (broad SMARTS) is 1. The first kappa shape index (κ1) is 13.1. The van der Waals surface area contributed by atoms with E-state index >= 15 is 0 Å². The summed E-state index contributed by atoms with van der Waals surface area (Å²) in [6, 6.07) is 2.04. The van der Waals surface area contributed by atoms with Gasteiger partial charge in [0.2, 0.25) is 0 Å². The zero-order valence-corrected chi connectivity index (χ0v) is 11.1. The topological polar surface area (TPSA) is 58.4 Å². The number of piperidine rings is 1. The minimum absolute atomic E-state index is 0.540. The molecule has 100 valence electrons. The van der Waals surface area contributed by atoms with Crippen LogP contribution in [0.4, 0.5) is 0 Å². The third-order valence-electron chi connectivity index (χ3n) is 3.97. The SMILES string of the molecule is CCn1nccc1CN1CCC(C)(C(=O)O)CC1. The Balaban J connectivity index is 1.93. The predicted octanol–water partition coefficient (Wildman–Crippen LogP) is 1.59. The quantitative estimate of drug-likeness (QED) is 0.883. The highest BCUT2D eigenvalue weighted by Gasteiger charge is 2.36. The molecule has 5 heteroatoms. The van der Waals surface area contributed by atoms with Crippen molar-refractivity contribution in [2.24, 2.45) is 5.41 Å². The van der Waals surface area contributed by atoms with Crippen molar-refractivity contribution in [1.29, 1.82) is 0 Å². The molecule has 0 aromatic carbocycles. The van der Waals surface area contributed by atoms with E-state index in [-0.39, 0.29) is 0 Å². The number of carboxylic acids is 1. The molecule has 2 heterocycles. The van der Waals surface area contributed by atoms with Crippen LogP contribution in [0.15, 0.2) is 12.3 Å². The van der Waals surface area contributed by atoms with Crippen LogP contribution < -0.4 is 0 Å². The number of hydrogen-bond acceptors (Lipinski definition) is 3. The number of aryl methyl sites for hydroxylation is 1. The first-order chi connectivity index (χ1) is 8.55. The summed E-state index contributed by atoms with van der Waals surface area (Å²) in [4.78, 5) is 13.5. The van der Waals surface area contributed by atoms with Gasteiger partial charge in [-0.2, -0.15) is 5.10 Å². The van der Waals surface area contributed by atoms with E-state index in [9.17, 15) is 9.90 Å². The van der Waals surface area contributed by atoms with Crippen LogP contribution in [0.2, 0.25) is 0 Å². The number of hydrogen-bond donors (Lipinski definition) is 1. The van der Waals surface area contributed by atoms with Gasteiger partial charge in [-0.1, -0.05) is 0 Å². The number of rotatable bonds is 4. The van der Waals surface area contributed by atoms with Crippen LogP contribution in [0.25, 0.3) is 0 Å². The highest BCUT2D eigenvalue weighted by molar-refractivity contribution is 5.74. The lowest BCUT2D eigenvalue weighted by Crippen LogP contribution is -2.42. The maximum Gasteiger partial charge on any atom is 0.309 e. The average Bonchev–Trinajstić information content (AvgIpc) is 2.79. The lowest BCUT2D eigenvalue weighted by molar-refractivity contribution is -0.150. The second kappa shape index (κ2) is 5.10. The summed E-state index contributed by atoms with van der Waals surface area (Å²) in [6.07, 6.45) is 3.27. The molecule has 0 unspecified atom stereocenters. The van der Waals surface area contributed by atoms with Gasteiger partial charge in [0.05, 0.1) is 11.1 Å². The van der Waals surface area contributed by atoms with Crippen molar-refractivity contribution in [3.8, 4) is 0 Å². The third kappa shape index (κ3) is 2.56. The average molecular weight is 251 g/mol. The highest BCUT2D eigenvalue weighted by Crippen LogP contribution is 2.31.